The molecule has 342 valence electrons. The molecule has 13 nitrogen and oxygen atoms in total. The summed E-state index contributed by atoms with van der Waals surface area (Å²) in [6.07, 6.45) is 3.25. The first-order chi connectivity index (χ1) is 30.8. The number of carbonyl (C=O) groups is 3. The van der Waals surface area contributed by atoms with E-state index in [1.165, 1.54) is 13.2 Å². The van der Waals surface area contributed by atoms with Gasteiger partial charge in [0, 0.05) is 72.2 Å². The second-order valence-corrected chi connectivity index (χ2v) is 19.1. The summed E-state index contributed by atoms with van der Waals surface area (Å²) in [5.41, 5.74) is 4.34. The van der Waals surface area contributed by atoms with Crippen LogP contribution in [-0.4, -0.2) is 87.3 Å². The molecule has 2 aliphatic rings. The number of aromatic nitrogens is 3. The lowest BCUT2D eigenvalue weighted by atomic mass is 9.95. The van der Waals surface area contributed by atoms with Crippen LogP contribution in [0.25, 0.3) is 33.6 Å². The summed E-state index contributed by atoms with van der Waals surface area (Å²) in [6, 6.07) is 19.6. The molecule has 0 aliphatic carbocycles. The van der Waals surface area contributed by atoms with E-state index in [1.807, 2.05) is 93.4 Å². The van der Waals surface area contributed by atoms with Crippen LogP contribution >= 0.6 is 23.2 Å². The molecule has 1 unspecified atom stereocenters. The number of carbonyl (C=O) groups excluding carboxylic acids is 3. The lowest BCUT2D eigenvalue weighted by Gasteiger charge is -2.39. The number of nitrogens with one attached hydrogen (secondary N) is 1. The van der Waals surface area contributed by atoms with Crippen molar-refractivity contribution in [1.29, 1.82) is 0 Å². The Morgan fingerprint density at radius 3 is 2.05 bits per heavy atom. The Balaban J connectivity index is 1.18. The summed E-state index contributed by atoms with van der Waals surface area (Å²) in [4.78, 5) is 58.3. The smallest absolute Gasteiger partial charge is 0.411 e. The van der Waals surface area contributed by atoms with Gasteiger partial charge in [-0.15, -0.1) is 0 Å². The third kappa shape index (κ3) is 11.1. The van der Waals surface area contributed by atoms with Crippen LogP contribution in [0.4, 0.5) is 19.8 Å². The van der Waals surface area contributed by atoms with Crippen molar-refractivity contribution in [2.24, 2.45) is 0 Å². The highest BCUT2D eigenvalue weighted by molar-refractivity contribution is 6.39. The minimum absolute atomic E-state index is 0.0458. The van der Waals surface area contributed by atoms with Crippen molar-refractivity contribution < 1.29 is 33.0 Å². The van der Waals surface area contributed by atoms with E-state index in [-0.39, 0.29) is 31.6 Å². The Hall–Kier alpha value is -5.99. The van der Waals surface area contributed by atoms with Gasteiger partial charge in [0.2, 0.25) is 11.8 Å². The molecular formula is C49H54Cl2FN7O6. The molecule has 3 amide bonds. The number of rotatable bonds is 11. The zero-order chi connectivity index (χ0) is 46.8. The molecule has 2 atom stereocenters. The van der Waals surface area contributed by atoms with Crippen molar-refractivity contribution in [1.82, 2.24) is 30.1 Å². The fourth-order valence-corrected chi connectivity index (χ4v) is 8.69. The molecule has 0 bridgehead atoms. The molecule has 0 spiro atoms. The molecular weight excluding hydrogens is 872 g/mol. The third-order valence-electron chi connectivity index (χ3n) is 11.0. The van der Waals surface area contributed by atoms with E-state index in [0.29, 0.717) is 92.3 Å². The Labute approximate surface area is 389 Å². The van der Waals surface area contributed by atoms with Gasteiger partial charge in [-0.05, 0) is 84.2 Å². The van der Waals surface area contributed by atoms with Crippen molar-refractivity contribution in [2.75, 3.05) is 32.1 Å². The van der Waals surface area contributed by atoms with Crippen LogP contribution in [-0.2, 0) is 27.4 Å². The standard InChI is InChI=1S/C49H54Cl2FN7O6/c1-48(2,3)64-46(61)58(28-32-16-20-41(60)54-32)27-30-15-18-39(56-45(30)63-8)36-14-10-12-34(43(36)51)33-11-9-13-35(42(33)50)38-19-17-37-40(21-22-57(7)44(37)55-38)59(47(62)65-49(4,5)6)26-29-23-31(52)25-53-24-29/h9-15,17-19,23-25,32,40H,16,20-22,26-28H2,1-8H3,(H,54,60)/t32-,40?/m0/s1. The summed E-state index contributed by atoms with van der Waals surface area (Å²) in [7, 11) is 3.47. The van der Waals surface area contributed by atoms with E-state index in [4.69, 9.17) is 47.4 Å². The highest BCUT2D eigenvalue weighted by Gasteiger charge is 2.36. The largest absolute Gasteiger partial charge is 0.481 e. The number of pyridine rings is 3. The molecule has 2 aliphatic heterocycles. The molecule has 5 heterocycles. The van der Waals surface area contributed by atoms with E-state index in [1.54, 1.807) is 36.8 Å². The normalized spacial score (nSPS) is 16.1. The first kappa shape index (κ1) is 47.0. The number of halogens is 3. The van der Waals surface area contributed by atoms with Gasteiger partial charge in [-0.3, -0.25) is 14.7 Å². The number of amides is 3. The van der Waals surface area contributed by atoms with Crippen LogP contribution in [0.5, 0.6) is 5.88 Å². The lowest BCUT2D eigenvalue weighted by molar-refractivity contribution is -0.119. The summed E-state index contributed by atoms with van der Waals surface area (Å²) in [6.45, 7) is 11.9. The number of nitrogens with zero attached hydrogens (tertiary/aromatic N) is 6. The number of ether oxygens (including phenoxy) is 3. The minimum atomic E-state index is -0.755. The van der Waals surface area contributed by atoms with Crippen molar-refractivity contribution in [3.05, 3.63) is 112 Å². The molecule has 1 N–H and O–H groups in total. The Morgan fingerprint density at radius 2 is 1.45 bits per heavy atom. The maximum absolute atomic E-state index is 14.2. The number of anilines is 1. The second kappa shape index (κ2) is 19.2. The first-order valence-corrected chi connectivity index (χ1v) is 22.2. The molecule has 0 radical (unpaired) electrons. The number of benzene rings is 2. The van der Waals surface area contributed by atoms with Gasteiger partial charge < -0.3 is 29.3 Å². The quantitative estimate of drug-likeness (QED) is 0.136. The van der Waals surface area contributed by atoms with Gasteiger partial charge in [0.25, 0.3) is 0 Å². The molecule has 65 heavy (non-hydrogen) atoms. The van der Waals surface area contributed by atoms with E-state index in [0.717, 1.165) is 11.8 Å². The average Bonchev–Trinajstić information content (AvgIpc) is 3.66. The Bertz CT molecular complexity index is 2600. The maximum atomic E-state index is 14.2. The molecule has 3 aromatic heterocycles. The minimum Gasteiger partial charge on any atom is -0.481 e. The average molecular weight is 927 g/mol. The van der Waals surface area contributed by atoms with Crippen LogP contribution in [0.2, 0.25) is 10.0 Å². The van der Waals surface area contributed by atoms with E-state index in [9.17, 15) is 18.8 Å². The van der Waals surface area contributed by atoms with Crippen LogP contribution in [0.1, 0.15) is 83.5 Å². The number of hydrogen-bond donors (Lipinski definition) is 1. The van der Waals surface area contributed by atoms with Crippen molar-refractivity contribution in [3.63, 3.8) is 0 Å². The SMILES string of the molecule is COc1nc(-c2cccc(-c3cccc(-c4ccc5c(n4)N(C)CCC5N(Cc4cncc(F)c4)C(=O)OC(C)(C)C)c3Cl)c2Cl)ccc1CN(C[C@@H]1CCC(=O)N1)C(=O)OC(C)(C)C. The van der Waals surface area contributed by atoms with Crippen molar-refractivity contribution in [2.45, 2.75) is 97.2 Å². The van der Waals surface area contributed by atoms with Gasteiger partial charge in [-0.1, -0.05) is 65.7 Å². The maximum Gasteiger partial charge on any atom is 0.411 e. The van der Waals surface area contributed by atoms with Gasteiger partial charge in [-0.2, -0.15) is 0 Å². The van der Waals surface area contributed by atoms with Crippen LogP contribution < -0.4 is 15.0 Å². The van der Waals surface area contributed by atoms with Gasteiger partial charge in [-0.25, -0.2) is 23.9 Å². The number of fused-ring (bicyclic) bond motifs is 1. The summed E-state index contributed by atoms with van der Waals surface area (Å²) in [5, 5.41) is 3.78. The zero-order valence-electron chi connectivity index (χ0n) is 37.9. The molecule has 0 saturated carbocycles. The number of hydrogen-bond acceptors (Lipinski definition) is 10. The molecule has 16 heteroatoms. The zero-order valence-corrected chi connectivity index (χ0v) is 39.4. The van der Waals surface area contributed by atoms with Crippen LogP contribution in [0.15, 0.2) is 79.1 Å². The monoisotopic (exact) mass is 925 g/mol. The molecule has 1 saturated heterocycles. The first-order valence-electron chi connectivity index (χ1n) is 21.5. The van der Waals surface area contributed by atoms with E-state index in [2.05, 4.69) is 10.3 Å². The van der Waals surface area contributed by atoms with Gasteiger partial charge in [0.15, 0.2) is 0 Å². The van der Waals surface area contributed by atoms with E-state index < -0.39 is 35.2 Å². The fraction of sp³-hybridized carbons (Fsp3) is 0.388. The summed E-state index contributed by atoms with van der Waals surface area (Å²) >= 11 is 14.5. The Kier molecular flexibility index (Phi) is 13.9. The third-order valence-corrected chi connectivity index (χ3v) is 11.8. The molecule has 2 aromatic carbocycles. The van der Waals surface area contributed by atoms with Gasteiger partial charge >= 0.3 is 12.2 Å². The summed E-state index contributed by atoms with van der Waals surface area (Å²) < 4.78 is 31.6. The molecule has 5 aromatic rings. The topological polar surface area (TPSA) is 139 Å². The molecule has 7 rings (SSSR count). The number of methoxy groups -OCH3 is 1. The van der Waals surface area contributed by atoms with Crippen LogP contribution in [0, 0.1) is 5.82 Å². The predicted octanol–water partition coefficient (Wildman–Crippen LogP) is 10.7. The van der Waals surface area contributed by atoms with E-state index >= 15 is 0 Å². The second-order valence-electron chi connectivity index (χ2n) is 18.3. The van der Waals surface area contributed by atoms with Crippen molar-refractivity contribution >= 4 is 47.1 Å². The lowest BCUT2D eigenvalue weighted by Crippen LogP contribution is -2.43. The highest BCUT2D eigenvalue weighted by atomic mass is 35.5. The van der Waals surface area contributed by atoms with Gasteiger partial charge in [0.1, 0.15) is 22.8 Å². The van der Waals surface area contributed by atoms with Crippen molar-refractivity contribution in [3.8, 4) is 39.5 Å². The predicted molar refractivity (Wildman–Crippen MR) is 249 cm³/mol. The Morgan fingerprint density at radius 1 is 0.831 bits per heavy atom. The summed E-state index contributed by atoms with van der Waals surface area (Å²) in [5.74, 6) is 0.442. The highest BCUT2D eigenvalue weighted by Crippen LogP contribution is 2.44. The van der Waals surface area contributed by atoms with Crippen LogP contribution in [0.3, 0.4) is 0 Å². The fourth-order valence-electron chi connectivity index (χ4n) is 8.05. The van der Waals surface area contributed by atoms with Gasteiger partial charge in [0.05, 0.1) is 53.9 Å². The molecule has 1 fully saturated rings.